The summed E-state index contributed by atoms with van der Waals surface area (Å²) in [6.07, 6.45) is 1.53. The molecule has 2 aromatic carbocycles. The first-order chi connectivity index (χ1) is 12.6. The maximum Gasteiger partial charge on any atom is 0.267 e. The Bertz CT molecular complexity index is 1020. The van der Waals surface area contributed by atoms with E-state index in [1.165, 1.54) is 6.20 Å². The van der Waals surface area contributed by atoms with E-state index in [4.69, 9.17) is 11.5 Å². The van der Waals surface area contributed by atoms with Crippen molar-refractivity contribution in [1.82, 2.24) is 9.97 Å². The Labute approximate surface area is 151 Å². The molecule has 5 nitrogen and oxygen atoms in total. The fourth-order valence-corrected chi connectivity index (χ4v) is 2.47. The van der Waals surface area contributed by atoms with E-state index in [1.54, 1.807) is 18.2 Å². The highest BCUT2D eigenvalue weighted by Gasteiger charge is 2.04. The molecule has 0 spiro atoms. The minimum Gasteiger partial charge on any atom is -0.398 e. The molecule has 0 aliphatic rings. The molecule has 0 unspecified atom stereocenters. The van der Waals surface area contributed by atoms with Gasteiger partial charge in [-0.25, -0.2) is 4.98 Å². The number of nitrogens with zero attached hydrogens (tertiary/aromatic N) is 2. The third-order valence-electron chi connectivity index (χ3n) is 3.74. The smallest absolute Gasteiger partial charge is 0.267 e. The average Bonchev–Trinajstić information content (AvgIpc) is 2.70. The SMILES string of the molecule is NC(=O)c1ccccn1.Nc1cc(-c2ccccc2)nc2ccccc12. The van der Waals surface area contributed by atoms with Gasteiger partial charge in [0.05, 0.1) is 11.2 Å². The standard InChI is InChI=1S/C15H12N2.C6H6N2O/c16-13-10-15(11-6-2-1-3-7-11)17-14-9-5-4-8-12(13)14;7-6(9)5-3-1-2-4-8-5/h1-10H,(H2,16,17);1-4H,(H2,7,9). The van der Waals surface area contributed by atoms with E-state index >= 15 is 0 Å². The zero-order chi connectivity index (χ0) is 18.4. The molecular formula is C21H18N4O. The van der Waals surface area contributed by atoms with Crippen LogP contribution in [0.1, 0.15) is 10.5 Å². The van der Waals surface area contributed by atoms with E-state index in [2.05, 4.69) is 9.97 Å². The molecule has 0 saturated heterocycles. The number of anilines is 1. The van der Waals surface area contributed by atoms with Crippen LogP contribution in [0.3, 0.4) is 0 Å². The van der Waals surface area contributed by atoms with Crippen molar-refractivity contribution in [2.75, 3.05) is 5.73 Å². The van der Waals surface area contributed by atoms with Gasteiger partial charge < -0.3 is 11.5 Å². The van der Waals surface area contributed by atoms with E-state index in [9.17, 15) is 4.79 Å². The lowest BCUT2D eigenvalue weighted by molar-refractivity contribution is 0.0995. The van der Waals surface area contributed by atoms with Crippen molar-refractivity contribution in [1.29, 1.82) is 0 Å². The van der Waals surface area contributed by atoms with Gasteiger partial charge >= 0.3 is 0 Å². The number of pyridine rings is 2. The predicted octanol–water partition coefficient (Wildman–Crippen LogP) is 3.66. The second-order valence-electron chi connectivity index (χ2n) is 5.56. The number of primary amides is 1. The minimum atomic E-state index is -0.490. The van der Waals surface area contributed by atoms with E-state index < -0.39 is 5.91 Å². The van der Waals surface area contributed by atoms with Crippen LogP contribution in [0, 0.1) is 0 Å². The van der Waals surface area contributed by atoms with Crippen LogP contribution in [0.15, 0.2) is 85.1 Å². The number of hydrogen-bond donors (Lipinski definition) is 2. The third kappa shape index (κ3) is 4.02. The van der Waals surface area contributed by atoms with Crippen molar-refractivity contribution in [3.63, 3.8) is 0 Å². The number of nitrogen functional groups attached to an aromatic ring is 1. The van der Waals surface area contributed by atoms with Crippen molar-refractivity contribution < 1.29 is 4.79 Å². The molecule has 4 N–H and O–H groups in total. The Morgan fingerprint density at radius 1 is 0.846 bits per heavy atom. The summed E-state index contributed by atoms with van der Waals surface area (Å²) in [4.78, 5) is 18.7. The first kappa shape index (κ1) is 17.1. The van der Waals surface area contributed by atoms with Gasteiger partial charge in [-0.3, -0.25) is 9.78 Å². The van der Waals surface area contributed by atoms with Gasteiger partial charge in [-0.15, -0.1) is 0 Å². The first-order valence-corrected chi connectivity index (χ1v) is 8.06. The number of aromatic nitrogens is 2. The first-order valence-electron chi connectivity index (χ1n) is 8.06. The Morgan fingerprint density at radius 2 is 1.54 bits per heavy atom. The summed E-state index contributed by atoms with van der Waals surface area (Å²) in [5.41, 5.74) is 15.0. The van der Waals surface area contributed by atoms with Crippen LogP contribution in [-0.2, 0) is 0 Å². The van der Waals surface area contributed by atoms with Crippen LogP contribution in [0.5, 0.6) is 0 Å². The van der Waals surface area contributed by atoms with E-state index in [1.807, 2.05) is 60.7 Å². The Hall–Kier alpha value is -3.73. The number of rotatable bonds is 2. The highest BCUT2D eigenvalue weighted by atomic mass is 16.1. The van der Waals surface area contributed by atoms with Gasteiger partial charge in [-0.2, -0.15) is 0 Å². The fourth-order valence-electron chi connectivity index (χ4n) is 2.47. The number of para-hydroxylation sites is 1. The quantitative estimate of drug-likeness (QED) is 0.581. The summed E-state index contributed by atoms with van der Waals surface area (Å²) in [6.45, 7) is 0. The van der Waals surface area contributed by atoms with Crippen molar-refractivity contribution >= 4 is 22.5 Å². The van der Waals surface area contributed by atoms with Gasteiger partial charge in [-0.1, -0.05) is 54.6 Å². The second kappa shape index (κ2) is 7.90. The Balaban J connectivity index is 0.000000185. The Kier molecular flexibility index (Phi) is 5.19. The normalized spacial score (nSPS) is 10.0. The Morgan fingerprint density at radius 3 is 2.19 bits per heavy atom. The molecule has 1 amide bonds. The fraction of sp³-hybridized carbons (Fsp3) is 0. The number of fused-ring (bicyclic) bond motifs is 1. The zero-order valence-corrected chi connectivity index (χ0v) is 14.0. The molecule has 2 heterocycles. The van der Waals surface area contributed by atoms with Crippen molar-refractivity contribution in [2.24, 2.45) is 5.73 Å². The van der Waals surface area contributed by atoms with Gasteiger partial charge in [0, 0.05) is 22.8 Å². The van der Waals surface area contributed by atoms with Crippen LogP contribution in [-0.4, -0.2) is 15.9 Å². The summed E-state index contributed by atoms with van der Waals surface area (Å²) >= 11 is 0. The topological polar surface area (TPSA) is 94.9 Å². The van der Waals surface area contributed by atoms with Crippen molar-refractivity contribution in [2.45, 2.75) is 0 Å². The van der Waals surface area contributed by atoms with Crippen LogP contribution in [0.4, 0.5) is 5.69 Å². The van der Waals surface area contributed by atoms with Crippen molar-refractivity contribution in [3.05, 3.63) is 90.8 Å². The second-order valence-corrected chi connectivity index (χ2v) is 5.56. The number of hydrogen-bond acceptors (Lipinski definition) is 4. The maximum atomic E-state index is 10.4. The van der Waals surface area contributed by atoms with Crippen LogP contribution in [0.25, 0.3) is 22.2 Å². The largest absolute Gasteiger partial charge is 0.398 e. The molecule has 2 aromatic heterocycles. The lowest BCUT2D eigenvalue weighted by atomic mass is 10.1. The molecule has 128 valence electrons. The highest BCUT2D eigenvalue weighted by Crippen LogP contribution is 2.25. The summed E-state index contributed by atoms with van der Waals surface area (Å²) in [5, 5.41) is 1.01. The summed E-state index contributed by atoms with van der Waals surface area (Å²) < 4.78 is 0. The number of carbonyl (C=O) groups excluding carboxylic acids is 1. The van der Waals surface area contributed by atoms with Crippen LogP contribution < -0.4 is 11.5 Å². The molecule has 26 heavy (non-hydrogen) atoms. The molecule has 0 fully saturated rings. The monoisotopic (exact) mass is 342 g/mol. The number of nitrogens with two attached hydrogens (primary N) is 2. The molecule has 0 aliphatic heterocycles. The van der Waals surface area contributed by atoms with E-state index in [0.717, 1.165) is 27.8 Å². The summed E-state index contributed by atoms with van der Waals surface area (Å²) in [5.74, 6) is -0.490. The molecule has 0 bridgehead atoms. The number of benzene rings is 2. The molecule has 4 rings (SSSR count). The van der Waals surface area contributed by atoms with Gasteiger partial charge in [-0.05, 0) is 24.3 Å². The molecular weight excluding hydrogens is 324 g/mol. The number of carbonyl (C=O) groups is 1. The van der Waals surface area contributed by atoms with Gasteiger partial charge in [0.1, 0.15) is 5.69 Å². The van der Waals surface area contributed by atoms with Gasteiger partial charge in [0.25, 0.3) is 5.91 Å². The lowest BCUT2D eigenvalue weighted by Crippen LogP contribution is -2.12. The number of amides is 1. The van der Waals surface area contributed by atoms with Crippen molar-refractivity contribution in [3.8, 4) is 11.3 Å². The van der Waals surface area contributed by atoms with Gasteiger partial charge in [0.15, 0.2) is 0 Å². The summed E-state index contributed by atoms with van der Waals surface area (Å²) in [7, 11) is 0. The molecule has 4 aromatic rings. The maximum absolute atomic E-state index is 10.4. The molecule has 0 aliphatic carbocycles. The zero-order valence-electron chi connectivity index (χ0n) is 14.0. The minimum absolute atomic E-state index is 0.303. The van der Waals surface area contributed by atoms with Gasteiger partial charge in [0.2, 0.25) is 0 Å². The summed E-state index contributed by atoms with van der Waals surface area (Å²) in [6, 6.07) is 24.9. The van der Waals surface area contributed by atoms with Crippen LogP contribution in [0.2, 0.25) is 0 Å². The molecule has 0 radical (unpaired) electrons. The van der Waals surface area contributed by atoms with E-state index in [0.29, 0.717) is 5.69 Å². The van der Waals surface area contributed by atoms with E-state index in [-0.39, 0.29) is 0 Å². The molecule has 0 saturated carbocycles. The highest BCUT2D eigenvalue weighted by molar-refractivity contribution is 5.92. The average molecular weight is 342 g/mol. The molecule has 5 heteroatoms. The lowest BCUT2D eigenvalue weighted by Gasteiger charge is -2.06. The molecule has 0 atom stereocenters. The third-order valence-corrected chi connectivity index (χ3v) is 3.74. The van der Waals surface area contributed by atoms with Crippen LogP contribution >= 0.6 is 0 Å². The predicted molar refractivity (Wildman–Crippen MR) is 104 cm³/mol.